The molecule has 2 N–H and O–H groups in total. The van der Waals surface area contributed by atoms with Crippen molar-refractivity contribution in [1.29, 1.82) is 0 Å². The van der Waals surface area contributed by atoms with Crippen molar-refractivity contribution >= 4 is 53.5 Å². The van der Waals surface area contributed by atoms with Gasteiger partial charge in [0.15, 0.2) is 0 Å². The number of halogens is 2. The van der Waals surface area contributed by atoms with Crippen LogP contribution in [0.2, 0.25) is 10.4 Å². The third-order valence-electron chi connectivity index (χ3n) is 5.22. The summed E-state index contributed by atoms with van der Waals surface area (Å²) in [5.74, 6) is 0. The molecule has 1 aliphatic heterocycles. The maximum Gasteiger partial charge on any atom is 0.492 e. The zero-order valence-electron chi connectivity index (χ0n) is 18.7. The van der Waals surface area contributed by atoms with Crippen molar-refractivity contribution in [1.82, 2.24) is 20.3 Å². The largest absolute Gasteiger partial charge is 0.492 e. The van der Waals surface area contributed by atoms with Crippen LogP contribution in [0.15, 0.2) is 11.7 Å². The SMILES string of the molecule is CC(C)(C)OC(=O)NCC(=Cc1c[nH]c2nc(Cl)nc(Cl)c12)B1OC(C)(C)C(C)(C)O1. The van der Waals surface area contributed by atoms with Gasteiger partial charge in [0.2, 0.25) is 5.28 Å². The maximum atomic E-state index is 12.2. The number of hydrogen-bond donors (Lipinski definition) is 2. The Morgan fingerprint density at radius 2 is 1.84 bits per heavy atom. The number of carbonyl (C=O) groups is 1. The van der Waals surface area contributed by atoms with Crippen molar-refractivity contribution in [3.63, 3.8) is 0 Å². The summed E-state index contributed by atoms with van der Waals surface area (Å²) < 4.78 is 17.7. The number of aromatic nitrogens is 3. The minimum Gasteiger partial charge on any atom is -0.444 e. The summed E-state index contributed by atoms with van der Waals surface area (Å²) in [7, 11) is -0.683. The molecule has 31 heavy (non-hydrogen) atoms. The van der Waals surface area contributed by atoms with Gasteiger partial charge in [0.1, 0.15) is 16.4 Å². The molecule has 8 nitrogen and oxygen atoms in total. The lowest BCUT2D eigenvalue weighted by Crippen LogP contribution is -2.41. The summed E-state index contributed by atoms with van der Waals surface area (Å²) in [4.78, 5) is 23.4. The summed E-state index contributed by atoms with van der Waals surface area (Å²) in [6.07, 6.45) is 3.03. The molecule has 0 atom stereocenters. The molecule has 1 amide bonds. The molecule has 0 bridgehead atoms. The van der Waals surface area contributed by atoms with Crippen LogP contribution in [0.25, 0.3) is 17.1 Å². The molecule has 168 valence electrons. The Kier molecular flexibility index (Phi) is 6.37. The van der Waals surface area contributed by atoms with E-state index in [0.29, 0.717) is 22.1 Å². The van der Waals surface area contributed by atoms with Gasteiger partial charge in [-0.25, -0.2) is 9.78 Å². The van der Waals surface area contributed by atoms with Gasteiger partial charge in [-0.05, 0) is 65.5 Å². The van der Waals surface area contributed by atoms with Crippen molar-refractivity contribution in [3.8, 4) is 0 Å². The number of ether oxygens (including phenoxy) is 1. The van der Waals surface area contributed by atoms with Gasteiger partial charge in [-0.3, -0.25) is 0 Å². The van der Waals surface area contributed by atoms with Crippen molar-refractivity contribution in [2.75, 3.05) is 6.54 Å². The highest BCUT2D eigenvalue weighted by Gasteiger charge is 2.52. The van der Waals surface area contributed by atoms with E-state index in [1.165, 1.54) is 0 Å². The number of amides is 1. The van der Waals surface area contributed by atoms with E-state index in [1.807, 2.05) is 33.8 Å². The Labute approximate surface area is 192 Å². The highest BCUT2D eigenvalue weighted by atomic mass is 35.5. The molecule has 0 aliphatic carbocycles. The number of alkyl carbamates (subject to hydrolysis) is 1. The Balaban J connectivity index is 1.96. The van der Waals surface area contributed by atoms with E-state index in [2.05, 4.69) is 20.3 Å². The van der Waals surface area contributed by atoms with Crippen molar-refractivity contribution in [2.45, 2.75) is 65.3 Å². The zero-order chi connectivity index (χ0) is 23.2. The van der Waals surface area contributed by atoms with Crippen LogP contribution in [0.1, 0.15) is 54.0 Å². The molecule has 0 unspecified atom stereocenters. The fourth-order valence-corrected chi connectivity index (χ4v) is 3.48. The number of rotatable bonds is 4. The highest BCUT2D eigenvalue weighted by Crippen LogP contribution is 2.39. The number of fused-ring (bicyclic) bond motifs is 1. The number of H-pyrrole nitrogens is 1. The van der Waals surface area contributed by atoms with E-state index >= 15 is 0 Å². The highest BCUT2D eigenvalue weighted by molar-refractivity contribution is 6.56. The summed E-state index contributed by atoms with van der Waals surface area (Å²) in [5, 5.41) is 3.65. The molecule has 0 radical (unpaired) electrons. The second-order valence-electron chi connectivity index (χ2n) is 9.41. The van der Waals surface area contributed by atoms with Crippen LogP contribution in [-0.2, 0) is 14.0 Å². The van der Waals surface area contributed by atoms with E-state index in [9.17, 15) is 4.79 Å². The van der Waals surface area contributed by atoms with E-state index in [4.69, 9.17) is 37.2 Å². The fourth-order valence-electron chi connectivity index (χ4n) is 2.99. The average Bonchev–Trinajstić information content (AvgIpc) is 3.07. The molecular weight excluding hydrogens is 442 g/mol. The van der Waals surface area contributed by atoms with Crippen LogP contribution >= 0.6 is 23.2 Å². The number of nitrogens with zero attached hydrogens (tertiary/aromatic N) is 2. The summed E-state index contributed by atoms with van der Waals surface area (Å²) in [6, 6.07) is 0. The monoisotopic (exact) mass is 468 g/mol. The first kappa shape index (κ1) is 23.8. The zero-order valence-corrected chi connectivity index (χ0v) is 20.2. The second-order valence-corrected chi connectivity index (χ2v) is 10.1. The minimum absolute atomic E-state index is 0.0488. The first-order valence-electron chi connectivity index (χ1n) is 9.91. The third kappa shape index (κ3) is 5.34. The van der Waals surface area contributed by atoms with Crippen LogP contribution < -0.4 is 5.32 Å². The molecule has 0 spiro atoms. The molecule has 1 aliphatic rings. The lowest BCUT2D eigenvalue weighted by molar-refractivity contribution is 0.00578. The second kappa shape index (κ2) is 8.28. The quantitative estimate of drug-likeness (QED) is 0.379. The first-order valence-corrected chi connectivity index (χ1v) is 10.7. The van der Waals surface area contributed by atoms with Gasteiger partial charge in [0.25, 0.3) is 0 Å². The molecule has 0 aromatic carbocycles. The van der Waals surface area contributed by atoms with E-state index in [-0.39, 0.29) is 17.0 Å². The van der Waals surface area contributed by atoms with Crippen LogP contribution in [-0.4, -0.2) is 51.5 Å². The summed E-state index contributed by atoms with van der Waals surface area (Å²) >= 11 is 12.2. The van der Waals surface area contributed by atoms with Crippen LogP contribution in [0.3, 0.4) is 0 Å². The lowest BCUT2D eigenvalue weighted by Gasteiger charge is -2.32. The predicted molar refractivity (Wildman–Crippen MR) is 122 cm³/mol. The fraction of sp³-hybridized carbons (Fsp3) is 0.550. The van der Waals surface area contributed by atoms with Crippen LogP contribution in [0, 0.1) is 0 Å². The van der Waals surface area contributed by atoms with Crippen LogP contribution in [0.5, 0.6) is 0 Å². The van der Waals surface area contributed by atoms with Crippen molar-refractivity contribution in [2.24, 2.45) is 0 Å². The van der Waals surface area contributed by atoms with Crippen LogP contribution in [0.4, 0.5) is 4.79 Å². The Morgan fingerprint density at radius 3 is 2.42 bits per heavy atom. The van der Waals surface area contributed by atoms with Gasteiger partial charge in [-0.1, -0.05) is 17.7 Å². The number of aromatic amines is 1. The molecule has 3 heterocycles. The first-order chi connectivity index (χ1) is 14.2. The number of carbonyl (C=O) groups excluding carboxylic acids is 1. The molecule has 2 aromatic heterocycles. The number of nitrogens with one attached hydrogen (secondary N) is 2. The molecule has 11 heteroatoms. The summed E-state index contributed by atoms with van der Waals surface area (Å²) in [6.45, 7) is 13.4. The van der Waals surface area contributed by atoms with Gasteiger partial charge in [0.05, 0.1) is 16.6 Å². The molecule has 3 rings (SSSR count). The molecule has 2 aromatic rings. The van der Waals surface area contributed by atoms with E-state index < -0.39 is 30.0 Å². The Hall–Kier alpha value is -1.81. The summed E-state index contributed by atoms with van der Waals surface area (Å²) in [5.41, 5.74) is 0.196. The predicted octanol–water partition coefficient (Wildman–Crippen LogP) is 4.80. The standard InChI is InChI=1S/C20H27BCl2N4O4/c1-18(2,3)29-17(28)25-10-12(21-30-19(4,5)20(6,7)31-21)8-11-9-24-15-13(11)14(22)26-16(23)27-15/h8-9H,10H2,1-7H3,(H,25,28)(H,24,26,27). The average molecular weight is 469 g/mol. The normalized spacial score (nSPS) is 18.5. The molecule has 1 saturated heterocycles. The molecular formula is C20H27BCl2N4O4. The maximum absolute atomic E-state index is 12.2. The third-order valence-corrected chi connectivity index (χ3v) is 5.67. The van der Waals surface area contributed by atoms with Crippen molar-refractivity contribution in [3.05, 3.63) is 27.7 Å². The number of hydrogen-bond acceptors (Lipinski definition) is 6. The van der Waals surface area contributed by atoms with E-state index in [0.717, 1.165) is 0 Å². The van der Waals surface area contributed by atoms with E-state index in [1.54, 1.807) is 27.0 Å². The van der Waals surface area contributed by atoms with Gasteiger partial charge < -0.3 is 24.3 Å². The lowest BCUT2D eigenvalue weighted by atomic mass is 9.77. The van der Waals surface area contributed by atoms with Gasteiger partial charge in [0, 0.05) is 18.3 Å². The van der Waals surface area contributed by atoms with Crippen molar-refractivity contribution < 1.29 is 18.8 Å². The molecule has 1 fully saturated rings. The Bertz CT molecular complexity index is 1010. The molecule has 0 saturated carbocycles. The minimum atomic E-state index is -0.683. The Morgan fingerprint density at radius 1 is 1.23 bits per heavy atom. The smallest absolute Gasteiger partial charge is 0.444 e. The van der Waals surface area contributed by atoms with Gasteiger partial charge >= 0.3 is 13.2 Å². The van der Waals surface area contributed by atoms with Gasteiger partial charge in [-0.15, -0.1) is 0 Å². The van der Waals surface area contributed by atoms with Gasteiger partial charge in [-0.2, -0.15) is 4.98 Å². The topological polar surface area (TPSA) is 98.4 Å².